The minimum Gasteiger partial charge on any atom is -0.444 e. The molecule has 4 N–H and O–H groups in total. The van der Waals surface area contributed by atoms with Crippen molar-refractivity contribution in [1.82, 2.24) is 4.98 Å². The van der Waals surface area contributed by atoms with E-state index in [9.17, 15) is 10.1 Å². The Hall–Kier alpha value is -2.61. The smallest absolute Gasteiger partial charge is 0.273 e. The highest BCUT2D eigenvalue weighted by atomic mass is 16.6. The van der Waals surface area contributed by atoms with Gasteiger partial charge in [0.05, 0.1) is 23.4 Å². The van der Waals surface area contributed by atoms with Gasteiger partial charge in [0, 0.05) is 24.2 Å². The number of rotatable bonds is 6. The number of oxazole rings is 1. The SMILES string of the molecule is CCc1cnc(CNc2cc(NN)cc([N+](=O)[O-])c2)o1. The first-order valence-electron chi connectivity index (χ1n) is 6.06. The summed E-state index contributed by atoms with van der Waals surface area (Å²) < 4.78 is 5.44. The summed E-state index contributed by atoms with van der Waals surface area (Å²) >= 11 is 0. The molecule has 1 heterocycles. The Morgan fingerprint density at radius 3 is 2.75 bits per heavy atom. The Balaban J connectivity index is 2.12. The van der Waals surface area contributed by atoms with Crippen LogP contribution in [0.5, 0.6) is 0 Å². The van der Waals surface area contributed by atoms with E-state index in [1.807, 2.05) is 6.92 Å². The van der Waals surface area contributed by atoms with E-state index in [0.29, 0.717) is 23.8 Å². The van der Waals surface area contributed by atoms with Crippen molar-refractivity contribution in [2.24, 2.45) is 5.84 Å². The third-order valence-corrected chi connectivity index (χ3v) is 2.69. The second kappa shape index (κ2) is 6.02. The lowest BCUT2D eigenvalue weighted by atomic mass is 10.2. The topological polar surface area (TPSA) is 119 Å². The molecule has 0 atom stereocenters. The Kier molecular flexibility index (Phi) is 4.16. The molecule has 0 aliphatic rings. The fourth-order valence-corrected chi connectivity index (χ4v) is 1.67. The van der Waals surface area contributed by atoms with E-state index in [1.54, 1.807) is 12.3 Å². The molecule has 2 aromatic rings. The van der Waals surface area contributed by atoms with Crippen molar-refractivity contribution in [3.63, 3.8) is 0 Å². The number of nitrogens with one attached hydrogen (secondary N) is 2. The third kappa shape index (κ3) is 3.23. The van der Waals surface area contributed by atoms with E-state index in [0.717, 1.165) is 12.2 Å². The van der Waals surface area contributed by atoms with Crippen LogP contribution in [0.25, 0.3) is 0 Å². The molecule has 0 aliphatic carbocycles. The molecule has 0 saturated carbocycles. The molecule has 0 fully saturated rings. The number of hydrazine groups is 1. The van der Waals surface area contributed by atoms with Gasteiger partial charge in [0.15, 0.2) is 0 Å². The van der Waals surface area contributed by atoms with Gasteiger partial charge in [0.1, 0.15) is 5.76 Å². The number of nitrogens with two attached hydrogens (primary N) is 1. The average Bonchev–Trinajstić information content (AvgIpc) is 2.92. The van der Waals surface area contributed by atoms with E-state index in [4.69, 9.17) is 10.3 Å². The molecule has 8 nitrogen and oxygen atoms in total. The third-order valence-electron chi connectivity index (χ3n) is 2.69. The maximum Gasteiger partial charge on any atom is 0.273 e. The summed E-state index contributed by atoms with van der Waals surface area (Å²) in [6.45, 7) is 2.31. The zero-order chi connectivity index (χ0) is 14.5. The van der Waals surface area contributed by atoms with Gasteiger partial charge in [0.25, 0.3) is 5.69 Å². The first kappa shape index (κ1) is 13.8. The summed E-state index contributed by atoms with van der Waals surface area (Å²) in [7, 11) is 0. The molecule has 0 spiro atoms. The number of non-ortho nitro benzene ring substituents is 1. The minimum absolute atomic E-state index is 0.0513. The Morgan fingerprint density at radius 1 is 1.40 bits per heavy atom. The van der Waals surface area contributed by atoms with Gasteiger partial charge in [-0.25, -0.2) is 4.98 Å². The number of hydrogen-bond donors (Lipinski definition) is 3. The van der Waals surface area contributed by atoms with Crippen LogP contribution in [0.4, 0.5) is 17.1 Å². The first-order chi connectivity index (χ1) is 9.62. The monoisotopic (exact) mass is 277 g/mol. The zero-order valence-electron chi connectivity index (χ0n) is 10.9. The molecule has 20 heavy (non-hydrogen) atoms. The predicted octanol–water partition coefficient (Wildman–Crippen LogP) is 2.04. The number of benzene rings is 1. The van der Waals surface area contributed by atoms with Crippen molar-refractivity contribution in [3.8, 4) is 0 Å². The lowest BCUT2D eigenvalue weighted by molar-refractivity contribution is -0.384. The van der Waals surface area contributed by atoms with Crippen LogP contribution in [0.1, 0.15) is 18.6 Å². The van der Waals surface area contributed by atoms with Crippen LogP contribution in [0.2, 0.25) is 0 Å². The molecular formula is C12H15N5O3. The summed E-state index contributed by atoms with van der Waals surface area (Å²) in [6.07, 6.45) is 2.43. The molecule has 0 aliphatic heterocycles. The number of nitrogens with zero attached hydrogens (tertiary/aromatic N) is 2. The molecule has 1 aromatic carbocycles. The first-order valence-corrected chi connectivity index (χ1v) is 6.06. The van der Waals surface area contributed by atoms with E-state index in [-0.39, 0.29) is 5.69 Å². The van der Waals surface area contributed by atoms with Crippen LogP contribution in [0, 0.1) is 10.1 Å². The van der Waals surface area contributed by atoms with Crippen LogP contribution >= 0.6 is 0 Å². The van der Waals surface area contributed by atoms with Gasteiger partial charge in [-0.05, 0) is 6.07 Å². The van der Waals surface area contributed by atoms with Crippen molar-refractivity contribution in [2.45, 2.75) is 19.9 Å². The lowest BCUT2D eigenvalue weighted by Gasteiger charge is -2.07. The Bertz CT molecular complexity index is 611. The Morgan fingerprint density at radius 2 is 2.15 bits per heavy atom. The van der Waals surface area contributed by atoms with Crippen LogP contribution < -0.4 is 16.6 Å². The summed E-state index contributed by atoms with van der Waals surface area (Å²) in [5, 5.41) is 13.8. The molecule has 2 rings (SSSR count). The van der Waals surface area contributed by atoms with Gasteiger partial charge < -0.3 is 15.2 Å². The van der Waals surface area contributed by atoms with E-state index < -0.39 is 4.92 Å². The molecular weight excluding hydrogens is 262 g/mol. The van der Waals surface area contributed by atoms with E-state index in [1.165, 1.54) is 12.1 Å². The van der Waals surface area contributed by atoms with E-state index in [2.05, 4.69) is 15.7 Å². The highest BCUT2D eigenvalue weighted by molar-refractivity contribution is 5.63. The largest absolute Gasteiger partial charge is 0.444 e. The van der Waals surface area contributed by atoms with Gasteiger partial charge in [-0.15, -0.1) is 0 Å². The van der Waals surface area contributed by atoms with Crippen molar-refractivity contribution in [3.05, 3.63) is 46.2 Å². The summed E-state index contributed by atoms with van der Waals surface area (Å²) in [5.74, 6) is 6.61. The molecule has 0 saturated heterocycles. The average molecular weight is 277 g/mol. The van der Waals surface area contributed by atoms with Crippen molar-refractivity contribution >= 4 is 17.1 Å². The second-order valence-electron chi connectivity index (χ2n) is 4.10. The van der Waals surface area contributed by atoms with Crippen molar-refractivity contribution in [2.75, 3.05) is 10.7 Å². The van der Waals surface area contributed by atoms with Gasteiger partial charge in [-0.1, -0.05) is 6.92 Å². The number of hydrogen-bond acceptors (Lipinski definition) is 7. The van der Waals surface area contributed by atoms with Gasteiger partial charge in [-0.2, -0.15) is 0 Å². The number of nitro groups is 1. The summed E-state index contributed by atoms with van der Waals surface area (Å²) in [6, 6.07) is 4.44. The normalized spacial score (nSPS) is 10.3. The molecule has 0 amide bonds. The zero-order valence-corrected chi connectivity index (χ0v) is 10.9. The summed E-state index contributed by atoms with van der Waals surface area (Å²) in [4.78, 5) is 14.4. The minimum atomic E-state index is -0.480. The lowest BCUT2D eigenvalue weighted by Crippen LogP contribution is -2.08. The van der Waals surface area contributed by atoms with Crippen molar-refractivity contribution in [1.29, 1.82) is 0 Å². The van der Waals surface area contributed by atoms with Gasteiger partial charge in [0.2, 0.25) is 5.89 Å². The maximum atomic E-state index is 10.8. The molecule has 0 bridgehead atoms. The van der Waals surface area contributed by atoms with Crippen LogP contribution in [-0.4, -0.2) is 9.91 Å². The number of aryl methyl sites for hydroxylation is 1. The second-order valence-corrected chi connectivity index (χ2v) is 4.10. The van der Waals surface area contributed by atoms with Crippen LogP contribution in [-0.2, 0) is 13.0 Å². The number of nitrogen functional groups attached to an aromatic ring is 1. The van der Waals surface area contributed by atoms with E-state index >= 15 is 0 Å². The maximum absolute atomic E-state index is 10.8. The highest BCUT2D eigenvalue weighted by Gasteiger charge is 2.10. The fourth-order valence-electron chi connectivity index (χ4n) is 1.67. The van der Waals surface area contributed by atoms with Gasteiger partial charge >= 0.3 is 0 Å². The summed E-state index contributed by atoms with van der Waals surface area (Å²) in [5.41, 5.74) is 3.35. The number of nitro benzene ring substituents is 1. The fraction of sp³-hybridized carbons (Fsp3) is 0.250. The molecule has 0 radical (unpaired) electrons. The van der Waals surface area contributed by atoms with Gasteiger partial charge in [-0.3, -0.25) is 16.0 Å². The quantitative estimate of drug-likeness (QED) is 0.420. The van der Waals surface area contributed by atoms with Crippen LogP contribution in [0.3, 0.4) is 0 Å². The molecule has 1 aromatic heterocycles. The Labute approximate surface area is 115 Å². The predicted molar refractivity (Wildman–Crippen MR) is 74.1 cm³/mol. The molecule has 8 heteroatoms. The van der Waals surface area contributed by atoms with Crippen LogP contribution in [0.15, 0.2) is 28.8 Å². The molecule has 106 valence electrons. The molecule has 0 unspecified atom stereocenters. The van der Waals surface area contributed by atoms with Crippen molar-refractivity contribution < 1.29 is 9.34 Å². The number of anilines is 2. The number of aromatic nitrogens is 1. The standard InChI is InChI=1S/C12H15N5O3/c1-2-11-6-15-12(20-11)7-14-8-3-9(16-13)5-10(4-8)17(18)19/h3-6,14,16H,2,7,13H2,1H3. The highest BCUT2D eigenvalue weighted by Crippen LogP contribution is 2.24.